The molecule has 0 amide bonds. The maximum absolute atomic E-state index is 13.1. The number of Topliss-reactive ketones (excluding diaryl/α,β-unsaturated/α-hetero) is 1. The molecule has 110 valence electrons. The van der Waals surface area contributed by atoms with Gasteiger partial charge in [0.1, 0.15) is 0 Å². The molecule has 1 heterocycles. The van der Waals surface area contributed by atoms with Crippen LogP contribution in [0.1, 0.15) is 23.0 Å². The van der Waals surface area contributed by atoms with Crippen LogP contribution in [0, 0.1) is 18.6 Å². The zero-order valence-electron chi connectivity index (χ0n) is 11.3. The van der Waals surface area contributed by atoms with Gasteiger partial charge in [0.15, 0.2) is 22.6 Å². The van der Waals surface area contributed by atoms with E-state index in [1.807, 2.05) is 0 Å². The normalized spacial score (nSPS) is 12.2. The first kappa shape index (κ1) is 15.4. The SMILES string of the molecule is Cc1cc(=O)[nH]c(SC(C)C(=O)c2ccc(F)c(F)c2)n1. The molecule has 0 bridgehead atoms. The number of aromatic amines is 1. The van der Waals surface area contributed by atoms with Crippen molar-refractivity contribution in [2.45, 2.75) is 24.3 Å². The molecule has 21 heavy (non-hydrogen) atoms. The molecule has 2 aromatic rings. The number of halogens is 2. The van der Waals surface area contributed by atoms with Crippen molar-refractivity contribution < 1.29 is 13.6 Å². The molecule has 0 aliphatic carbocycles. The minimum atomic E-state index is -1.07. The maximum atomic E-state index is 13.1. The van der Waals surface area contributed by atoms with Crippen molar-refractivity contribution in [2.24, 2.45) is 0 Å². The second-order valence-electron chi connectivity index (χ2n) is 4.45. The molecular weight excluding hydrogens is 298 g/mol. The van der Waals surface area contributed by atoms with Gasteiger partial charge in [0, 0.05) is 17.3 Å². The number of nitrogens with zero attached hydrogens (tertiary/aromatic N) is 1. The van der Waals surface area contributed by atoms with Crippen LogP contribution >= 0.6 is 11.8 Å². The van der Waals surface area contributed by atoms with Crippen LogP contribution in [0.5, 0.6) is 0 Å². The fourth-order valence-corrected chi connectivity index (χ4v) is 2.65. The second kappa shape index (κ2) is 6.17. The van der Waals surface area contributed by atoms with Crippen LogP contribution in [-0.2, 0) is 0 Å². The van der Waals surface area contributed by atoms with Crippen LogP contribution in [0.25, 0.3) is 0 Å². The average molecular weight is 310 g/mol. The Morgan fingerprint density at radius 2 is 2.00 bits per heavy atom. The van der Waals surface area contributed by atoms with E-state index in [0.717, 1.165) is 23.9 Å². The number of aromatic nitrogens is 2. The van der Waals surface area contributed by atoms with E-state index in [4.69, 9.17) is 0 Å². The number of thioether (sulfide) groups is 1. The summed E-state index contributed by atoms with van der Waals surface area (Å²) < 4.78 is 26.0. The smallest absolute Gasteiger partial charge is 0.251 e. The van der Waals surface area contributed by atoms with Gasteiger partial charge in [0.05, 0.1) is 5.25 Å². The Labute approximate surface area is 123 Å². The van der Waals surface area contributed by atoms with Crippen molar-refractivity contribution >= 4 is 17.5 Å². The standard InChI is InChI=1S/C14H12F2N2O2S/c1-7-5-12(19)18-14(17-7)21-8(2)13(20)9-3-4-10(15)11(16)6-9/h3-6,8H,1-2H3,(H,17,18,19). The lowest BCUT2D eigenvalue weighted by Gasteiger charge is -2.10. The summed E-state index contributed by atoms with van der Waals surface area (Å²) in [5.41, 5.74) is 0.301. The quantitative estimate of drug-likeness (QED) is 0.536. The Balaban J connectivity index is 2.19. The van der Waals surface area contributed by atoms with Gasteiger partial charge in [-0.15, -0.1) is 0 Å². The van der Waals surface area contributed by atoms with Crippen LogP contribution in [0.3, 0.4) is 0 Å². The molecule has 0 saturated heterocycles. The topological polar surface area (TPSA) is 62.8 Å². The van der Waals surface area contributed by atoms with Crippen LogP contribution in [-0.4, -0.2) is 21.0 Å². The van der Waals surface area contributed by atoms with Gasteiger partial charge in [-0.3, -0.25) is 9.59 Å². The third-order valence-corrected chi connectivity index (χ3v) is 3.69. The zero-order chi connectivity index (χ0) is 15.6. The number of carbonyl (C=O) groups excluding carboxylic acids is 1. The number of hydrogen-bond acceptors (Lipinski definition) is 4. The summed E-state index contributed by atoms with van der Waals surface area (Å²) in [6.07, 6.45) is 0. The third-order valence-electron chi connectivity index (χ3n) is 2.71. The first-order chi connectivity index (χ1) is 9.86. The summed E-state index contributed by atoms with van der Waals surface area (Å²) in [5.74, 6) is -2.44. The third kappa shape index (κ3) is 3.75. The highest BCUT2D eigenvalue weighted by Crippen LogP contribution is 2.22. The van der Waals surface area contributed by atoms with Crippen molar-refractivity contribution in [1.82, 2.24) is 9.97 Å². The Morgan fingerprint density at radius 1 is 1.29 bits per heavy atom. The van der Waals surface area contributed by atoms with Gasteiger partial charge in [-0.05, 0) is 32.0 Å². The molecule has 0 aliphatic rings. The van der Waals surface area contributed by atoms with Gasteiger partial charge in [0.25, 0.3) is 5.56 Å². The van der Waals surface area contributed by atoms with Gasteiger partial charge in [-0.2, -0.15) is 0 Å². The summed E-state index contributed by atoms with van der Waals surface area (Å²) in [6, 6.07) is 4.34. The van der Waals surface area contributed by atoms with E-state index in [2.05, 4.69) is 9.97 Å². The Morgan fingerprint density at radius 3 is 2.62 bits per heavy atom. The average Bonchev–Trinajstić information content (AvgIpc) is 2.39. The highest BCUT2D eigenvalue weighted by atomic mass is 32.2. The molecule has 1 N–H and O–H groups in total. The van der Waals surface area contributed by atoms with Crippen LogP contribution in [0.4, 0.5) is 8.78 Å². The van der Waals surface area contributed by atoms with Crippen LogP contribution in [0.15, 0.2) is 34.2 Å². The van der Waals surface area contributed by atoms with Crippen LogP contribution in [0.2, 0.25) is 0 Å². The van der Waals surface area contributed by atoms with Gasteiger partial charge < -0.3 is 4.98 Å². The fraction of sp³-hybridized carbons (Fsp3) is 0.214. The van der Waals surface area contributed by atoms with Crippen molar-refractivity contribution in [3.05, 3.63) is 57.5 Å². The number of benzene rings is 1. The molecule has 2 rings (SSSR count). The fourth-order valence-electron chi connectivity index (χ4n) is 1.71. The lowest BCUT2D eigenvalue weighted by Crippen LogP contribution is -2.16. The first-order valence-corrected chi connectivity index (χ1v) is 6.98. The minimum Gasteiger partial charge on any atom is -0.301 e. The molecule has 0 radical (unpaired) electrons. The largest absolute Gasteiger partial charge is 0.301 e. The van der Waals surface area contributed by atoms with E-state index in [0.29, 0.717) is 10.9 Å². The first-order valence-electron chi connectivity index (χ1n) is 6.10. The molecule has 4 nitrogen and oxygen atoms in total. The van der Waals surface area contributed by atoms with Crippen molar-refractivity contribution in [1.29, 1.82) is 0 Å². The van der Waals surface area contributed by atoms with E-state index < -0.39 is 16.9 Å². The predicted molar refractivity (Wildman–Crippen MR) is 75.6 cm³/mol. The van der Waals surface area contributed by atoms with E-state index >= 15 is 0 Å². The minimum absolute atomic E-state index is 0.0731. The summed E-state index contributed by atoms with van der Waals surface area (Å²) in [7, 11) is 0. The van der Waals surface area contributed by atoms with Gasteiger partial charge in [-0.25, -0.2) is 13.8 Å². The van der Waals surface area contributed by atoms with Crippen LogP contribution < -0.4 is 5.56 Å². The number of carbonyl (C=O) groups is 1. The van der Waals surface area contributed by atoms with E-state index in [9.17, 15) is 18.4 Å². The highest BCUT2D eigenvalue weighted by Gasteiger charge is 2.19. The molecule has 1 aromatic heterocycles. The molecule has 0 spiro atoms. The van der Waals surface area contributed by atoms with Gasteiger partial charge >= 0.3 is 0 Å². The molecular formula is C14H12F2N2O2S. The molecule has 7 heteroatoms. The van der Waals surface area contributed by atoms with E-state index in [1.165, 1.54) is 12.1 Å². The van der Waals surface area contributed by atoms with Gasteiger partial charge in [-0.1, -0.05) is 11.8 Å². The molecule has 0 fully saturated rings. The van der Waals surface area contributed by atoms with Crippen molar-refractivity contribution in [3.8, 4) is 0 Å². The number of H-pyrrole nitrogens is 1. The van der Waals surface area contributed by atoms with E-state index in [1.54, 1.807) is 13.8 Å². The monoisotopic (exact) mass is 310 g/mol. The number of rotatable bonds is 4. The zero-order valence-corrected chi connectivity index (χ0v) is 12.1. The second-order valence-corrected chi connectivity index (χ2v) is 5.77. The lowest BCUT2D eigenvalue weighted by molar-refractivity contribution is 0.0993. The van der Waals surface area contributed by atoms with Crippen molar-refractivity contribution in [2.75, 3.05) is 0 Å². The van der Waals surface area contributed by atoms with Gasteiger partial charge in [0.2, 0.25) is 0 Å². The summed E-state index contributed by atoms with van der Waals surface area (Å²) in [4.78, 5) is 30.1. The summed E-state index contributed by atoms with van der Waals surface area (Å²) >= 11 is 1.05. The lowest BCUT2D eigenvalue weighted by atomic mass is 10.1. The molecule has 1 unspecified atom stereocenters. The predicted octanol–water partition coefficient (Wildman–Crippen LogP) is 2.72. The number of hydrogen-bond donors (Lipinski definition) is 1. The van der Waals surface area contributed by atoms with E-state index in [-0.39, 0.29) is 16.9 Å². The molecule has 0 aliphatic heterocycles. The van der Waals surface area contributed by atoms with Crippen molar-refractivity contribution in [3.63, 3.8) is 0 Å². The maximum Gasteiger partial charge on any atom is 0.251 e. The summed E-state index contributed by atoms with van der Waals surface area (Å²) in [5, 5.41) is -0.289. The number of nitrogens with one attached hydrogen (secondary N) is 1. The Bertz CT molecular complexity index is 746. The molecule has 1 atom stereocenters. The number of ketones is 1. The number of aryl methyl sites for hydroxylation is 1. The molecule has 0 saturated carbocycles. The molecule has 1 aromatic carbocycles. The summed E-state index contributed by atoms with van der Waals surface area (Å²) in [6.45, 7) is 3.28. The Hall–Kier alpha value is -2.02. The highest BCUT2D eigenvalue weighted by molar-refractivity contribution is 8.00. The Kier molecular flexibility index (Phi) is 4.52.